The molecule has 1 aliphatic carbocycles. The summed E-state index contributed by atoms with van der Waals surface area (Å²) in [6, 6.07) is 9.25. The Hall–Kier alpha value is -1.70. The van der Waals surface area contributed by atoms with E-state index in [9.17, 15) is 0 Å². The lowest BCUT2D eigenvalue weighted by Crippen LogP contribution is -2.14. The van der Waals surface area contributed by atoms with Gasteiger partial charge in [0.25, 0.3) is 0 Å². The van der Waals surface area contributed by atoms with Gasteiger partial charge in [0.2, 0.25) is 0 Å². The first kappa shape index (κ1) is 17.1. The predicted molar refractivity (Wildman–Crippen MR) is 100 cm³/mol. The Labute approximate surface area is 146 Å². The lowest BCUT2D eigenvalue weighted by molar-refractivity contribution is 0.385. The zero-order valence-electron chi connectivity index (χ0n) is 15.2. The molecule has 0 saturated heterocycles. The molecule has 0 aliphatic heterocycles. The maximum absolute atomic E-state index is 4.66. The van der Waals surface area contributed by atoms with Crippen LogP contribution in [0.25, 0.3) is 0 Å². The number of rotatable bonds is 6. The maximum atomic E-state index is 4.66. The summed E-state index contributed by atoms with van der Waals surface area (Å²) >= 11 is 0. The third-order valence-electron chi connectivity index (χ3n) is 5.50. The van der Waals surface area contributed by atoms with Gasteiger partial charge in [0, 0.05) is 18.3 Å². The zero-order chi connectivity index (χ0) is 16.8. The number of unbranched alkanes of at least 4 members (excludes halogenated alkanes) is 1. The molecule has 3 rings (SSSR count). The van der Waals surface area contributed by atoms with Crippen LogP contribution in [0.2, 0.25) is 0 Å². The van der Waals surface area contributed by atoms with E-state index in [0.717, 1.165) is 24.6 Å². The molecule has 0 unspecified atom stereocenters. The number of benzene rings is 1. The summed E-state index contributed by atoms with van der Waals surface area (Å²) in [5, 5.41) is 0. The Morgan fingerprint density at radius 2 is 1.46 bits per heavy atom. The van der Waals surface area contributed by atoms with Crippen LogP contribution in [0.15, 0.2) is 36.7 Å². The van der Waals surface area contributed by atoms with E-state index in [-0.39, 0.29) is 0 Å². The first-order chi connectivity index (χ1) is 11.8. The number of aryl methyl sites for hydroxylation is 2. The van der Waals surface area contributed by atoms with Crippen LogP contribution < -0.4 is 0 Å². The Morgan fingerprint density at radius 3 is 2.04 bits per heavy atom. The summed E-state index contributed by atoms with van der Waals surface area (Å²) < 4.78 is 0. The zero-order valence-corrected chi connectivity index (χ0v) is 15.2. The molecule has 0 radical (unpaired) electrons. The molecule has 0 spiro atoms. The van der Waals surface area contributed by atoms with Crippen LogP contribution in [0.1, 0.15) is 86.7 Å². The van der Waals surface area contributed by atoms with Crippen molar-refractivity contribution in [2.24, 2.45) is 0 Å². The summed E-state index contributed by atoms with van der Waals surface area (Å²) in [6.07, 6.45) is 13.7. The Kier molecular flexibility index (Phi) is 6.01. The molecule has 1 aliphatic rings. The van der Waals surface area contributed by atoms with Gasteiger partial charge in [0.05, 0.1) is 0 Å². The van der Waals surface area contributed by atoms with Crippen LogP contribution in [0.5, 0.6) is 0 Å². The van der Waals surface area contributed by atoms with Gasteiger partial charge in [0.15, 0.2) is 0 Å². The van der Waals surface area contributed by atoms with Crippen LogP contribution in [-0.2, 0) is 12.8 Å². The van der Waals surface area contributed by atoms with Crippen molar-refractivity contribution in [3.05, 3.63) is 59.2 Å². The summed E-state index contributed by atoms with van der Waals surface area (Å²) in [5.41, 5.74) is 4.23. The van der Waals surface area contributed by atoms with Gasteiger partial charge in [-0.2, -0.15) is 0 Å². The Balaban J connectivity index is 1.56. The number of aromatic nitrogens is 2. The van der Waals surface area contributed by atoms with Crippen molar-refractivity contribution in [2.75, 3.05) is 0 Å². The minimum absolute atomic E-state index is 0.552. The Bertz CT molecular complexity index is 607. The van der Waals surface area contributed by atoms with Crippen LogP contribution in [0, 0.1) is 0 Å². The molecule has 0 bridgehead atoms. The highest BCUT2D eigenvalue weighted by Gasteiger charge is 2.25. The monoisotopic (exact) mass is 322 g/mol. The van der Waals surface area contributed by atoms with E-state index in [4.69, 9.17) is 0 Å². The summed E-state index contributed by atoms with van der Waals surface area (Å²) in [7, 11) is 0. The fourth-order valence-electron chi connectivity index (χ4n) is 3.80. The minimum atomic E-state index is 0.552. The third kappa shape index (κ3) is 4.23. The van der Waals surface area contributed by atoms with E-state index in [1.807, 2.05) is 12.4 Å². The molecule has 0 amide bonds. The van der Waals surface area contributed by atoms with Crippen molar-refractivity contribution in [1.29, 1.82) is 0 Å². The summed E-state index contributed by atoms with van der Waals surface area (Å²) in [5.74, 6) is 2.34. The first-order valence-electron chi connectivity index (χ1n) is 9.69. The van der Waals surface area contributed by atoms with E-state index in [1.165, 1.54) is 55.2 Å². The van der Waals surface area contributed by atoms with Gasteiger partial charge in [0.1, 0.15) is 5.82 Å². The van der Waals surface area contributed by atoms with Gasteiger partial charge >= 0.3 is 0 Å². The molecule has 24 heavy (non-hydrogen) atoms. The molecule has 1 saturated carbocycles. The van der Waals surface area contributed by atoms with Crippen LogP contribution in [0.4, 0.5) is 0 Å². The number of hydrogen-bond acceptors (Lipinski definition) is 2. The predicted octanol–water partition coefficient (Wildman–Crippen LogP) is 5.82. The molecule has 2 heteroatoms. The van der Waals surface area contributed by atoms with E-state index >= 15 is 0 Å². The third-order valence-corrected chi connectivity index (χ3v) is 5.50. The molecule has 1 heterocycles. The number of hydrogen-bond donors (Lipinski definition) is 0. The standard InChI is InChI=1S/C22H30N2/c1-3-5-6-18-15-23-22(24-16-18)21-13-11-20(12-14-21)19-9-7-17(4-2)8-10-19/h7-10,15-16,20-21H,3-6,11-14H2,1-2H3. The van der Waals surface area contributed by atoms with E-state index < -0.39 is 0 Å². The molecule has 1 aromatic carbocycles. The van der Waals surface area contributed by atoms with E-state index in [2.05, 4.69) is 48.1 Å². The molecule has 2 aromatic rings. The van der Waals surface area contributed by atoms with Crippen LogP contribution in [-0.4, -0.2) is 9.97 Å². The SMILES string of the molecule is CCCCc1cnc(C2CCC(c3ccc(CC)cc3)CC2)nc1. The normalized spacial score (nSPS) is 20.9. The number of nitrogens with zero attached hydrogens (tertiary/aromatic N) is 2. The second-order valence-electron chi connectivity index (χ2n) is 7.20. The second-order valence-corrected chi connectivity index (χ2v) is 7.20. The van der Waals surface area contributed by atoms with Gasteiger partial charge in [-0.05, 0) is 67.6 Å². The molecule has 128 valence electrons. The Morgan fingerprint density at radius 1 is 0.833 bits per heavy atom. The average molecular weight is 322 g/mol. The lowest BCUT2D eigenvalue weighted by Gasteiger charge is -2.28. The molecule has 0 N–H and O–H groups in total. The van der Waals surface area contributed by atoms with Crippen LogP contribution >= 0.6 is 0 Å². The highest BCUT2D eigenvalue weighted by molar-refractivity contribution is 5.26. The molecule has 0 atom stereocenters. The first-order valence-corrected chi connectivity index (χ1v) is 9.69. The maximum Gasteiger partial charge on any atom is 0.131 e. The van der Waals surface area contributed by atoms with Gasteiger partial charge in [-0.25, -0.2) is 9.97 Å². The van der Waals surface area contributed by atoms with E-state index in [0.29, 0.717) is 5.92 Å². The summed E-state index contributed by atoms with van der Waals surface area (Å²) in [4.78, 5) is 9.33. The van der Waals surface area contributed by atoms with Crippen molar-refractivity contribution >= 4 is 0 Å². The smallest absolute Gasteiger partial charge is 0.131 e. The quantitative estimate of drug-likeness (QED) is 0.669. The van der Waals surface area contributed by atoms with Gasteiger partial charge in [-0.3, -0.25) is 0 Å². The van der Waals surface area contributed by atoms with Gasteiger partial charge in [-0.15, -0.1) is 0 Å². The molecule has 2 nitrogen and oxygen atoms in total. The molecule has 1 fully saturated rings. The van der Waals surface area contributed by atoms with E-state index in [1.54, 1.807) is 0 Å². The van der Waals surface area contributed by atoms with Crippen molar-refractivity contribution < 1.29 is 0 Å². The van der Waals surface area contributed by atoms with Crippen molar-refractivity contribution in [2.45, 2.75) is 77.0 Å². The highest BCUT2D eigenvalue weighted by Crippen LogP contribution is 2.39. The molecular formula is C22H30N2. The van der Waals surface area contributed by atoms with Crippen molar-refractivity contribution in [1.82, 2.24) is 9.97 Å². The summed E-state index contributed by atoms with van der Waals surface area (Å²) in [6.45, 7) is 4.44. The largest absolute Gasteiger partial charge is 0.241 e. The average Bonchev–Trinajstić information content (AvgIpc) is 2.67. The van der Waals surface area contributed by atoms with Crippen LogP contribution in [0.3, 0.4) is 0 Å². The lowest BCUT2D eigenvalue weighted by atomic mass is 9.78. The van der Waals surface area contributed by atoms with Gasteiger partial charge < -0.3 is 0 Å². The topological polar surface area (TPSA) is 25.8 Å². The fraction of sp³-hybridized carbons (Fsp3) is 0.545. The van der Waals surface area contributed by atoms with Crippen molar-refractivity contribution in [3.8, 4) is 0 Å². The highest BCUT2D eigenvalue weighted by atomic mass is 14.9. The fourth-order valence-corrected chi connectivity index (χ4v) is 3.80. The van der Waals surface area contributed by atoms with Gasteiger partial charge in [-0.1, -0.05) is 44.5 Å². The molecule has 1 aromatic heterocycles. The second kappa shape index (κ2) is 8.41. The van der Waals surface area contributed by atoms with Crippen molar-refractivity contribution in [3.63, 3.8) is 0 Å². The molecular weight excluding hydrogens is 292 g/mol. The minimum Gasteiger partial charge on any atom is -0.241 e.